The molecule has 0 aliphatic rings. The molecule has 0 N–H and O–H groups in total. The summed E-state index contributed by atoms with van der Waals surface area (Å²) in [7, 11) is 1.52. The lowest BCUT2D eigenvalue weighted by atomic mass is 9.85. The smallest absolute Gasteiger partial charge is 0.173 e. The lowest BCUT2D eigenvalue weighted by Crippen LogP contribution is -2.13. The van der Waals surface area contributed by atoms with Crippen molar-refractivity contribution in [1.29, 1.82) is 0 Å². The normalized spacial score (nSPS) is 11.1. The largest absolute Gasteiger partial charge is 0.496 e. The lowest BCUT2D eigenvalue weighted by Gasteiger charge is -2.20. The molecule has 0 fully saturated rings. The lowest BCUT2D eigenvalue weighted by molar-refractivity contribution is -0.107. The van der Waals surface area contributed by atoms with Gasteiger partial charge in [0.15, 0.2) is 5.78 Å². The minimum Gasteiger partial charge on any atom is -0.496 e. The van der Waals surface area contributed by atoms with Crippen LogP contribution >= 0.6 is 0 Å². The zero-order valence-electron chi connectivity index (χ0n) is 10.7. The van der Waals surface area contributed by atoms with Crippen LogP contribution in [0.5, 0.6) is 5.75 Å². The van der Waals surface area contributed by atoms with Gasteiger partial charge in [0.25, 0.3) is 0 Å². The van der Waals surface area contributed by atoms with Crippen LogP contribution in [0, 0.1) is 0 Å². The summed E-state index contributed by atoms with van der Waals surface area (Å²) in [6.07, 6.45) is 0.509. The molecule has 0 aliphatic carbocycles. The van der Waals surface area contributed by atoms with Gasteiger partial charge in [-0.2, -0.15) is 0 Å². The number of rotatable bonds is 4. The predicted molar refractivity (Wildman–Crippen MR) is 66.7 cm³/mol. The number of Topliss-reactive ketones (excluding diaryl/α,β-unsaturated/α-hetero) is 1. The molecular formula is C14H18O3. The molecule has 0 aromatic heterocycles. The van der Waals surface area contributed by atoms with E-state index < -0.39 is 0 Å². The minimum absolute atomic E-state index is 0.0392. The first-order valence-corrected chi connectivity index (χ1v) is 5.55. The molecule has 1 aromatic rings. The van der Waals surface area contributed by atoms with Gasteiger partial charge in [-0.3, -0.25) is 4.79 Å². The molecule has 0 atom stereocenters. The van der Waals surface area contributed by atoms with Crippen LogP contribution in [-0.4, -0.2) is 19.2 Å². The summed E-state index contributed by atoms with van der Waals surface area (Å²) in [5.74, 6) is 0.313. The van der Waals surface area contributed by atoms with Crippen molar-refractivity contribution in [3.8, 4) is 5.75 Å². The summed E-state index contributed by atoms with van der Waals surface area (Å²) in [5.41, 5.74) is 1.49. The van der Waals surface area contributed by atoms with Crippen LogP contribution in [0.25, 0.3) is 0 Å². The molecule has 1 rings (SSSR count). The zero-order valence-corrected chi connectivity index (χ0v) is 10.7. The SMILES string of the molecule is COc1ccc(C(C)(C)C)cc1C(=O)CC=O. The van der Waals surface area contributed by atoms with Gasteiger partial charge >= 0.3 is 0 Å². The Kier molecular flexibility index (Phi) is 4.05. The summed E-state index contributed by atoms with van der Waals surface area (Å²) < 4.78 is 5.14. The van der Waals surface area contributed by atoms with Crippen molar-refractivity contribution in [2.24, 2.45) is 0 Å². The molecule has 0 spiro atoms. The third kappa shape index (κ3) is 3.16. The van der Waals surface area contributed by atoms with Gasteiger partial charge < -0.3 is 9.53 Å². The maximum absolute atomic E-state index is 11.8. The van der Waals surface area contributed by atoms with Crippen molar-refractivity contribution < 1.29 is 14.3 Å². The summed E-state index contributed by atoms with van der Waals surface area (Å²) in [6, 6.07) is 5.53. The second-order valence-electron chi connectivity index (χ2n) is 4.96. The van der Waals surface area contributed by atoms with E-state index in [1.807, 2.05) is 12.1 Å². The fraction of sp³-hybridized carbons (Fsp3) is 0.429. The number of ketones is 1. The molecule has 3 heteroatoms. The number of aldehydes is 1. The molecule has 0 unspecified atom stereocenters. The summed E-state index contributed by atoms with van der Waals surface area (Å²) in [4.78, 5) is 22.2. The first-order chi connectivity index (χ1) is 7.90. The summed E-state index contributed by atoms with van der Waals surface area (Å²) >= 11 is 0. The predicted octanol–water partition coefficient (Wildman–Crippen LogP) is 2.76. The number of hydrogen-bond donors (Lipinski definition) is 0. The topological polar surface area (TPSA) is 43.4 Å². The van der Waals surface area contributed by atoms with E-state index in [1.165, 1.54) is 7.11 Å². The van der Waals surface area contributed by atoms with Crippen molar-refractivity contribution in [3.05, 3.63) is 29.3 Å². The van der Waals surface area contributed by atoms with Gasteiger partial charge in [-0.15, -0.1) is 0 Å². The Labute approximate surface area is 102 Å². The summed E-state index contributed by atoms with van der Waals surface area (Å²) in [5, 5.41) is 0. The Morgan fingerprint density at radius 3 is 2.47 bits per heavy atom. The van der Waals surface area contributed by atoms with E-state index in [9.17, 15) is 9.59 Å². The van der Waals surface area contributed by atoms with E-state index in [1.54, 1.807) is 6.07 Å². The number of methoxy groups -OCH3 is 1. The van der Waals surface area contributed by atoms with Crippen molar-refractivity contribution >= 4 is 12.1 Å². The third-order valence-corrected chi connectivity index (χ3v) is 2.63. The van der Waals surface area contributed by atoms with Gasteiger partial charge in [-0.05, 0) is 23.1 Å². The zero-order chi connectivity index (χ0) is 13.1. The maximum Gasteiger partial charge on any atom is 0.173 e. The number of carbonyl (C=O) groups is 2. The molecule has 0 heterocycles. The molecule has 0 radical (unpaired) electrons. The highest BCUT2D eigenvalue weighted by Crippen LogP contribution is 2.28. The van der Waals surface area contributed by atoms with Crippen molar-refractivity contribution in [3.63, 3.8) is 0 Å². The molecule has 0 saturated heterocycles. The van der Waals surface area contributed by atoms with Gasteiger partial charge in [0.2, 0.25) is 0 Å². The van der Waals surface area contributed by atoms with Crippen molar-refractivity contribution in [1.82, 2.24) is 0 Å². The van der Waals surface area contributed by atoms with Crippen LogP contribution in [0.4, 0.5) is 0 Å². The van der Waals surface area contributed by atoms with Gasteiger partial charge in [-0.25, -0.2) is 0 Å². The molecule has 1 aromatic carbocycles. The van der Waals surface area contributed by atoms with E-state index in [2.05, 4.69) is 20.8 Å². The Balaban J connectivity index is 3.24. The van der Waals surface area contributed by atoms with E-state index in [0.717, 1.165) is 5.56 Å². The van der Waals surface area contributed by atoms with Gasteiger partial charge in [0, 0.05) is 0 Å². The van der Waals surface area contributed by atoms with Crippen LogP contribution in [0.2, 0.25) is 0 Å². The Bertz CT molecular complexity index is 428. The fourth-order valence-corrected chi connectivity index (χ4v) is 1.58. The maximum atomic E-state index is 11.8. The number of ether oxygens (including phenoxy) is 1. The average Bonchev–Trinajstić information content (AvgIpc) is 2.27. The Morgan fingerprint density at radius 2 is 2.00 bits per heavy atom. The van der Waals surface area contributed by atoms with Gasteiger partial charge in [0.1, 0.15) is 12.0 Å². The first-order valence-electron chi connectivity index (χ1n) is 5.55. The van der Waals surface area contributed by atoms with Crippen LogP contribution in [0.1, 0.15) is 43.1 Å². The monoisotopic (exact) mass is 234 g/mol. The van der Waals surface area contributed by atoms with Gasteiger partial charge in [0.05, 0.1) is 19.1 Å². The number of hydrogen-bond acceptors (Lipinski definition) is 3. The highest BCUT2D eigenvalue weighted by atomic mass is 16.5. The second kappa shape index (κ2) is 5.13. The highest BCUT2D eigenvalue weighted by molar-refractivity contribution is 6.04. The second-order valence-corrected chi connectivity index (χ2v) is 4.96. The Hall–Kier alpha value is -1.64. The standard InChI is InChI=1S/C14H18O3/c1-14(2,3)10-5-6-13(17-4)11(9-10)12(16)7-8-15/h5-6,8-9H,7H2,1-4H3. The molecule has 0 aliphatic heterocycles. The van der Waals surface area contributed by atoms with Crippen molar-refractivity contribution in [2.75, 3.05) is 7.11 Å². The van der Waals surface area contributed by atoms with Crippen LogP contribution in [-0.2, 0) is 10.2 Å². The minimum atomic E-state index is -0.206. The van der Waals surface area contributed by atoms with Crippen LogP contribution < -0.4 is 4.74 Å². The molecular weight excluding hydrogens is 216 g/mol. The average molecular weight is 234 g/mol. The fourth-order valence-electron chi connectivity index (χ4n) is 1.58. The molecule has 92 valence electrons. The van der Waals surface area contributed by atoms with E-state index >= 15 is 0 Å². The molecule has 3 nitrogen and oxygen atoms in total. The van der Waals surface area contributed by atoms with Gasteiger partial charge in [-0.1, -0.05) is 26.8 Å². The van der Waals surface area contributed by atoms with E-state index in [0.29, 0.717) is 17.6 Å². The number of carbonyl (C=O) groups excluding carboxylic acids is 2. The molecule has 0 saturated carbocycles. The molecule has 17 heavy (non-hydrogen) atoms. The van der Waals surface area contributed by atoms with Crippen LogP contribution in [0.15, 0.2) is 18.2 Å². The molecule has 0 amide bonds. The van der Waals surface area contributed by atoms with Crippen LogP contribution in [0.3, 0.4) is 0 Å². The third-order valence-electron chi connectivity index (χ3n) is 2.63. The highest BCUT2D eigenvalue weighted by Gasteiger charge is 2.18. The number of benzene rings is 1. The van der Waals surface area contributed by atoms with Crippen molar-refractivity contribution in [2.45, 2.75) is 32.6 Å². The first kappa shape index (κ1) is 13.4. The van der Waals surface area contributed by atoms with E-state index in [-0.39, 0.29) is 17.6 Å². The Morgan fingerprint density at radius 1 is 1.35 bits per heavy atom. The summed E-state index contributed by atoms with van der Waals surface area (Å²) in [6.45, 7) is 6.22. The quantitative estimate of drug-likeness (QED) is 0.457. The van der Waals surface area contributed by atoms with E-state index in [4.69, 9.17) is 4.74 Å². The molecule has 0 bridgehead atoms.